The minimum atomic E-state index is -0.857. The molecule has 0 heterocycles. The van der Waals surface area contributed by atoms with Gasteiger partial charge >= 0.3 is 113 Å². The molecule has 0 amide bonds. The van der Waals surface area contributed by atoms with Crippen LogP contribution in [0.1, 0.15) is 54.4 Å². The van der Waals surface area contributed by atoms with Crippen LogP contribution >= 0.6 is 0 Å². The average molecular weight is 302 g/mol. The molecule has 0 atom stereocenters. The fourth-order valence-electron chi connectivity index (χ4n) is 1.40. The van der Waals surface area contributed by atoms with E-state index < -0.39 is 20.3 Å². The summed E-state index contributed by atoms with van der Waals surface area (Å²) in [5, 5.41) is 12.5. The molecule has 102 valence electrons. The van der Waals surface area contributed by atoms with Crippen LogP contribution in [0.4, 0.5) is 0 Å². The summed E-state index contributed by atoms with van der Waals surface area (Å²) < 4.78 is 0. The Labute approximate surface area is 113 Å². The molecular formula is C15H31AsO. The van der Waals surface area contributed by atoms with Crippen LogP contribution in [-0.4, -0.2) is 25.4 Å². The van der Waals surface area contributed by atoms with E-state index >= 15 is 0 Å². The fourth-order valence-corrected chi connectivity index (χ4v) is 7.26. The zero-order valence-electron chi connectivity index (χ0n) is 12.5. The van der Waals surface area contributed by atoms with Crippen LogP contribution in [-0.2, 0) is 0 Å². The van der Waals surface area contributed by atoms with Crippen molar-refractivity contribution >= 4 is 14.7 Å². The molecule has 0 aliphatic rings. The Kier molecular flexibility index (Phi) is 8.50. The van der Waals surface area contributed by atoms with E-state index in [1.807, 2.05) is 19.9 Å². The van der Waals surface area contributed by atoms with Gasteiger partial charge in [0.15, 0.2) is 0 Å². The molecule has 0 rings (SSSR count). The van der Waals surface area contributed by atoms with E-state index in [1.165, 1.54) is 23.3 Å². The summed E-state index contributed by atoms with van der Waals surface area (Å²) in [5.41, 5.74) is -0.636. The monoisotopic (exact) mass is 302 g/mol. The van der Waals surface area contributed by atoms with Gasteiger partial charge in [-0.1, -0.05) is 0 Å². The molecule has 0 aliphatic carbocycles. The molecule has 0 aliphatic heterocycles. The molecule has 0 aromatic rings. The predicted molar refractivity (Wildman–Crippen MR) is 79.7 cm³/mol. The maximum atomic E-state index is 9.76. The molecule has 0 radical (unpaired) electrons. The molecule has 0 bridgehead atoms. The summed E-state index contributed by atoms with van der Waals surface area (Å²) in [5.74, 6) is 1.61. The Hall–Kier alpha value is 0.258. The zero-order valence-corrected chi connectivity index (χ0v) is 14.4. The topological polar surface area (TPSA) is 20.2 Å². The molecule has 1 nitrogen and oxygen atoms in total. The van der Waals surface area contributed by atoms with Crippen molar-refractivity contribution < 1.29 is 5.11 Å². The zero-order chi connectivity index (χ0) is 13.5. The summed E-state index contributed by atoms with van der Waals surface area (Å²) in [6.45, 7) is 12.9. The summed E-state index contributed by atoms with van der Waals surface area (Å²) in [4.78, 5) is 2.37. The van der Waals surface area contributed by atoms with Crippen LogP contribution in [0.15, 0.2) is 10.9 Å². The van der Waals surface area contributed by atoms with Gasteiger partial charge in [-0.2, -0.15) is 0 Å². The Morgan fingerprint density at radius 2 is 1.41 bits per heavy atom. The van der Waals surface area contributed by atoms with Crippen molar-refractivity contribution in [2.75, 3.05) is 0 Å². The Morgan fingerprint density at radius 1 is 1.00 bits per heavy atom. The van der Waals surface area contributed by atoms with Crippen molar-refractivity contribution in [1.29, 1.82) is 0 Å². The third kappa shape index (κ3) is 12.5. The SMILES string of the molecule is CC(C)CC[As](/C=C\C(C)(C)O)CCC(C)C. The molecule has 17 heavy (non-hydrogen) atoms. The number of rotatable bonds is 8. The predicted octanol–water partition coefficient (Wildman–Crippen LogP) is 4.44. The van der Waals surface area contributed by atoms with Gasteiger partial charge < -0.3 is 0 Å². The third-order valence-electron chi connectivity index (χ3n) is 2.68. The van der Waals surface area contributed by atoms with Crippen molar-refractivity contribution in [3.8, 4) is 0 Å². The summed E-state index contributed by atoms with van der Waals surface area (Å²) in [6.07, 6.45) is 4.70. The van der Waals surface area contributed by atoms with Crippen LogP contribution < -0.4 is 0 Å². The van der Waals surface area contributed by atoms with E-state index in [9.17, 15) is 5.11 Å². The van der Waals surface area contributed by atoms with Crippen molar-refractivity contribution in [2.24, 2.45) is 11.8 Å². The van der Waals surface area contributed by atoms with Gasteiger partial charge in [0.25, 0.3) is 0 Å². The van der Waals surface area contributed by atoms with Crippen LogP contribution in [0.5, 0.6) is 0 Å². The van der Waals surface area contributed by atoms with Crippen molar-refractivity contribution in [3.05, 3.63) is 10.9 Å². The summed E-state index contributed by atoms with van der Waals surface area (Å²) in [6, 6.07) is 0. The second-order valence-corrected chi connectivity index (χ2v) is 11.3. The van der Waals surface area contributed by atoms with Gasteiger partial charge in [0.1, 0.15) is 0 Å². The fraction of sp³-hybridized carbons (Fsp3) is 0.867. The molecule has 0 saturated carbocycles. The van der Waals surface area contributed by atoms with Crippen LogP contribution in [0.3, 0.4) is 0 Å². The number of aliphatic hydroxyl groups is 1. The van der Waals surface area contributed by atoms with Crippen molar-refractivity contribution in [1.82, 2.24) is 0 Å². The normalized spacial score (nSPS) is 13.5. The molecule has 2 heteroatoms. The molecule has 0 aromatic heterocycles. The third-order valence-corrected chi connectivity index (χ3v) is 7.37. The molecule has 0 fully saturated rings. The van der Waals surface area contributed by atoms with Crippen LogP contribution in [0.2, 0.25) is 10.4 Å². The van der Waals surface area contributed by atoms with Gasteiger partial charge in [-0.15, -0.1) is 0 Å². The molecule has 0 aromatic carbocycles. The molecule has 0 spiro atoms. The van der Waals surface area contributed by atoms with E-state index in [4.69, 9.17) is 0 Å². The van der Waals surface area contributed by atoms with Gasteiger partial charge in [-0.3, -0.25) is 0 Å². The molecule has 0 unspecified atom stereocenters. The minimum absolute atomic E-state index is 0.636. The van der Waals surface area contributed by atoms with Crippen LogP contribution in [0.25, 0.3) is 0 Å². The van der Waals surface area contributed by atoms with E-state index in [0.29, 0.717) is 0 Å². The van der Waals surface area contributed by atoms with Crippen LogP contribution in [0, 0.1) is 11.8 Å². The first-order valence-corrected chi connectivity index (χ1v) is 10.6. The average Bonchev–Trinajstić information content (AvgIpc) is 2.14. The van der Waals surface area contributed by atoms with Crippen molar-refractivity contribution in [2.45, 2.75) is 70.4 Å². The van der Waals surface area contributed by atoms with Gasteiger partial charge in [0.05, 0.1) is 0 Å². The van der Waals surface area contributed by atoms with Gasteiger partial charge in [-0.05, 0) is 0 Å². The van der Waals surface area contributed by atoms with E-state index in [1.54, 1.807) is 0 Å². The van der Waals surface area contributed by atoms with Crippen molar-refractivity contribution in [3.63, 3.8) is 0 Å². The van der Waals surface area contributed by atoms with E-state index in [0.717, 1.165) is 11.8 Å². The molecular weight excluding hydrogens is 271 g/mol. The number of hydrogen-bond acceptors (Lipinski definition) is 1. The van der Waals surface area contributed by atoms with Gasteiger partial charge in [0.2, 0.25) is 0 Å². The Morgan fingerprint density at radius 3 is 1.71 bits per heavy atom. The standard InChI is InChI=1S/C15H31AsO/c1-13(2)7-10-16(11-8-14(3)4)12-9-15(5,6)17/h9,12-14,17H,7-8,10-11H2,1-6H3/b12-9-. The first-order valence-electron chi connectivity index (χ1n) is 6.86. The van der Waals surface area contributed by atoms with E-state index in [2.05, 4.69) is 32.6 Å². The van der Waals surface area contributed by atoms with Gasteiger partial charge in [0, 0.05) is 0 Å². The summed E-state index contributed by atoms with van der Waals surface area (Å²) in [7, 11) is 0. The van der Waals surface area contributed by atoms with Gasteiger partial charge in [-0.25, -0.2) is 0 Å². The summed E-state index contributed by atoms with van der Waals surface area (Å²) >= 11 is -0.857. The number of hydrogen-bond donors (Lipinski definition) is 1. The quantitative estimate of drug-likeness (QED) is 0.657. The second-order valence-electron chi connectivity index (χ2n) is 6.37. The maximum absolute atomic E-state index is 9.76. The Balaban J connectivity index is 4.24. The van der Waals surface area contributed by atoms with E-state index in [-0.39, 0.29) is 0 Å². The second kappa shape index (κ2) is 8.38. The first-order chi connectivity index (χ1) is 7.70. The molecule has 0 saturated heterocycles. The molecule has 1 N–H and O–H groups in total. The Bertz CT molecular complexity index is 201. The first kappa shape index (κ1) is 17.3.